The Labute approximate surface area is 104 Å². The summed E-state index contributed by atoms with van der Waals surface area (Å²) in [5, 5.41) is 9.15. The fourth-order valence-electron chi connectivity index (χ4n) is 2.60. The average Bonchev–Trinajstić information content (AvgIpc) is 2.61. The zero-order chi connectivity index (χ0) is 11.7. The zero-order valence-corrected chi connectivity index (χ0v) is 10.9. The lowest BCUT2D eigenvalue weighted by Gasteiger charge is -2.30. The Balaban J connectivity index is 2.34. The van der Waals surface area contributed by atoms with Crippen molar-refractivity contribution in [3.8, 4) is 0 Å². The van der Waals surface area contributed by atoms with Crippen molar-refractivity contribution >= 4 is 21.9 Å². The molecule has 2 atom stereocenters. The fraction of sp³-hybridized carbons (Fsp3) is 0.583. The molecule has 1 saturated carbocycles. The van der Waals surface area contributed by atoms with E-state index in [1.807, 2.05) is 10.8 Å². The van der Waals surface area contributed by atoms with Gasteiger partial charge in [0.15, 0.2) is 0 Å². The summed E-state index contributed by atoms with van der Waals surface area (Å²) < 4.78 is 2.78. The molecule has 16 heavy (non-hydrogen) atoms. The molecule has 1 aliphatic carbocycles. The Morgan fingerprint density at radius 3 is 2.81 bits per heavy atom. The maximum atomic E-state index is 11.1. The van der Waals surface area contributed by atoms with Gasteiger partial charge in [0.1, 0.15) is 5.69 Å². The molecule has 1 aromatic rings. The van der Waals surface area contributed by atoms with Crippen molar-refractivity contribution in [2.45, 2.75) is 38.6 Å². The lowest BCUT2D eigenvalue weighted by Crippen LogP contribution is -2.23. The van der Waals surface area contributed by atoms with Gasteiger partial charge in [-0.3, -0.25) is 0 Å². The Morgan fingerprint density at radius 1 is 1.50 bits per heavy atom. The summed E-state index contributed by atoms with van der Waals surface area (Å²) in [7, 11) is 0. The van der Waals surface area contributed by atoms with Crippen LogP contribution in [0.1, 0.15) is 49.1 Å². The first-order chi connectivity index (χ1) is 7.59. The first kappa shape index (κ1) is 11.7. The van der Waals surface area contributed by atoms with Gasteiger partial charge < -0.3 is 9.67 Å². The predicted octanol–water partition coefficient (Wildman–Crippen LogP) is 3.70. The van der Waals surface area contributed by atoms with Crippen molar-refractivity contribution in [2.75, 3.05) is 0 Å². The second kappa shape index (κ2) is 4.62. The van der Waals surface area contributed by atoms with E-state index in [0.717, 1.165) is 10.9 Å². The molecule has 0 radical (unpaired) electrons. The van der Waals surface area contributed by atoms with E-state index in [1.54, 1.807) is 6.07 Å². The van der Waals surface area contributed by atoms with Crippen LogP contribution in [-0.4, -0.2) is 15.6 Å². The van der Waals surface area contributed by atoms with Gasteiger partial charge in [-0.15, -0.1) is 0 Å². The van der Waals surface area contributed by atoms with Gasteiger partial charge in [0, 0.05) is 16.7 Å². The SMILES string of the molecule is CC1CCCCC1n1cc(Br)cc1C(=O)O. The molecule has 0 aromatic carbocycles. The molecular weight excluding hydrogens is 270 g/mol. The van der Waals surface area contributed by atoms with E-state index in [2.05, 4.69) is 22.9 Å². The molecule has 0 saturated heterocycles. The van der Waals surface area contributed by atoms with Gasteiger partial charge in [0.05, 0.1) is 0 Å². The largest absolute Gasteiger partial charge is 0.477 e. The fourth-order valence-corrected chi connectivity index (χ4v) is 3.04. The maximum Gasteiger partial charge on any atom is 0.352 e. The number of aromatic carboxylic acids is 1. The Morgan fingerprint density at radius 2 is 2.19 bits per heavy atom. The van der Waals surface area contributed by atoms with Crippen molar-refractivity contribution in [2.24, 2.45) is 5.92 Å². The topological polar surface area (TPSA) is 42.2 Å². The van der Waals surface area contributed by atoms with Crippen molar-refractivity contribution in [1.29, 1.82) is 0 Å². The third-order valence-electron chi connectivity index (χ3n) is 3.46. The first-order valence-corrected chi connectivity index (χ1v) is 6.49. The molecular formula is C12H16BrNO2. The molecule has 1 fully saturated rings. The molecule has 1 N–H and O–H groups in total. The van der Waals surface area contributed by atoms with Crippen LogP contribution in [0.3, 0.4) is 0 Å². The first-order valence-electron chi connectivity index (χ1n) is 5.70. The number of rotatable bonds is 2. The van der Waals surface area contributed by atoms with E-state index >= 15 is 0 Å². The van der Waals surface area contributed by atoms with Gasteiger partial charge in [0.25, 0.3) is 0 Å². The Hall–Kier alpha value is -0.770. The summed E-state index contributed by atoms with van der Waals surface area (Å²) in [5.41, 5.74) is 0.394. The van der Waals surface area contributed by atoms with Gasteiger partial charge >= 0.3 is 5.97 Å². The minimum Gasteiger partial charge on any atom is -0.477 e. The molecule has 0 spiro atoms. The number of hydrogen-bond acceptors (Lipinski definition) is 1. The summed E-state index contributed by atoms with van der Waals surface area (Å²) in [4.78, 5) is 11.1. The molecule has 1 aliphatic rings. The van der Waals surface area contributed by atoms with Crippen molar-refractivity contribution in [3.05, 3.63) is 22.4 Å². The van der Waals surface area contributed by atoms with Crippen LogP contribution >= 0.6 is 15.9 Å². The van der Waals surface area contributed by atoms with Crippen LogP contribution in [0.25, 0.3) is 0 Å². The molecule has 2 rings (SSSR count). The summed E-state index contributed by atoms with van der Waals surface area (Å²) in [6, 6.07) is 2.02. The zero-order valence-electron chi connectivity index (χ0n) is 9.32. The normalized spacial score (nSPS) is 25.6. The van der Waals surface area contributed by atoms with Gasteiger partial charge in [-0.05, 0) is 40.8 Å². The number of carboxylic acids is 1. The second-order valence-electron chi connectivity index (χ2n) is 4.59. The highest BCUT2D eigenvalue weighted by Crippen LogP contribution is 2.35. The van der Waals surface area contributed by atoms with Gasteiger partial charge in [0.2, 0.25) is 0 Å². The van der Waals surface area contributed by atoms with E-state index in [4.69, 9.17) is 5.11 Å². The van der Waals surface area contributed by atoms with Crippen LogP contribution in [-0.2, 0) is 0 Å². The van der Waals surface area contributed by atoms with E-state index in [1.165, 1.54) is 19.3 Å². The number of aromatic nitrogens is 1. The minimum atomic E-state index is -0.844. The highest BCUT2D eigenvalue weighted by Gasteiger charge is 2.26. The van der Waals surface area contributed by atoms with Crippen molar-refractivity contribution in [3.63, 3.8) is 0 Å². The highest BCUT2D eigenvalue weighted by atomic mass is 79.9. The van der Waals surface area contributed by atoms with Crippen LogP contribution < -0.4 is 0 Å². The molecule has 4 heteroatoms. The van der Waals surface area contributed by atoms with Crippen LogP contribution in [0.15, 0.2) is 16.7 Å². The van der Waals surface area contributed by atoms with Gasteiger partial charge in [-0.2, -0.15) is 0 Å². The third-order valence-corrected chi connectivity index (χ3v) is 3.89. The van der Waals surface area contributed by atoms with E-state index in [-0.39, 0.29) is 0 Å². The Kier molecular flexibility index (Phi) is 3.38. The number of halogens is 1. The number of nitrogens with zero attached hydrogens (tertiary/aromatic N) is 1. The molecule has 0 aliphatic heterocycles. The molecule has 2 unspecified atom stereocenters. The summed E-state index contributed by atoms with van der Waals surface area (Å²) in [6.07, 6.45) is 6.64. The Bertz CT molecular complexity index is 400. The van der Waals surface area contributed by atoms with E-state index < -0.39 is 5.97 Å². The summed E-state index contributed by atoms with van der Waals surface area (Å²) in [5.74, 6) is -0.283. The monoisotopic (exact) mass is 285 g/mol. The molecule has 1 heterocycles. The lowest BCUT2D eigenvalue weighted by atomic mass is 9.85. The minimum absolute atomic E-state index is 0.339. The molecule has 1 aromatic heterocycles. The quantitative estimate of drug-likeness (QED) is 0.900. The third kappa shape index (κ3) is 2.17. The van der Waals surface area contributed by atoms with Gasteiger partial charge in [-0.25, -0.2) is 4.79 Å². The number of hydrogen-bond donors (Lipinski definition) is 1. The number of carbonyl (C=O) groups is 1. The van der Waals surface area contributed by atoms with Crippen LogP contribution in [0.4, 0.5) is 0 Å². The molecule has 88 valence electrons. The van der Waals surface area contributed by atoms with Crippen LogP contribution in [0.2, 0.25) is 0 Å². The standard InChI is InChI=1S/C12H16BrNO2/c1-8-4-2-3-5-10(8)14-7-9(13)6-11(14)12(15)16/h6-8,10H,2-5H2,1H3,(H,15,16). The van der Waals surface area contributed by atoms with Crippen molar-refractivity contribution in [1.82, 2.24) is 4.57 Å². The van der Waals surface area contributed by atoms with Gasteiger partial charge in [-0.1, -0.05) is 19.8 Å². The van der Waals surface area contributed by atoms with Crippen LogP contribution in [0.5, 0.6) is 0 Å². The average molecular weight is 286 g/mol. The second-order valence-corrected chi connectivity index (χ2v) is 5.50. The van der Waals surface area contributed by atoms with E-state index in [9.17, 15) is 4.79 Å². The van der Waals surface area contributed by atoms with Crippen molar-refractivity contribution < 1.29 is 9.90 Å². The highest BCUT2D eigenvalue weighted by molar-refractivity contribution is 9.10. The molecule has 0 bridgehead atoms. The number of carboxylic acid groups (broad SMARTS) is 1. The maximum absolute atomic E-state index is 11.1. The lowest BCUT2D eigenvalue weighted by molar-refractivity contribution is 0.0678. The summed E-state index contributed by atoms with van der Waals surface area (Å²) >= 11 is 3.35. The molecule has 3 nitrogen and oxygen atoms in total. The molecule has 0 amide bonds. The summed E-state index contributed by atoms with van der Waals surface area (Å²) in [6.45, 7) is 2.21. The van der Waals surface area contributed by atoms with Crippen LogP contribution in [0, 0.1) is 5.92 Å². The van der Waals surface area contributed by atoms with E-state index in [0.29, 0.717) is 17.7 Å². The smallest absolute Gasteiger partial charge is 0.352 e. The predicted molar refractivity (Wildman–Crippen MR) is 65.8 cm³/mol.